The third-order valence-corrected chi connectivity index (χ3v) is 3.55. The number of ether oxygens (including phenoxy) is 1. The maximum Gasteiger partial charge on any atom is 0.212 e. The molecule has 18 heavy (non-hydrogen) atoms. The highest BCUT2D eigenvalue weighted by molar-refractivity contribution is 5.17. The molecule has 0 spiro atoms. The summed E-state index contributed by atoms with van der Waals surface area (Å²) in [5, 5.41) is 3.62. The molecule has 0 amide bonds. The summed E-state index contributed by atoms with van der Waals surface area (Å²) in [6.45, 7) is 6.69. The minimum Gasteiger partial charge on any atom is -0.481 e. The van der Waals surface area contributed by atoms with Crippen LogP contribution in [0.2, 0.25) is 0 Å². The molecule has 0 aliphatic carbocycles. The maximum absolute atomic E-state index is 5.05. The smallest absolute Gasteiger partial charge is 0.212 e. The molecule has 0 saturated carbocycles. The molecule has 1 aliphatic heterocycles. The van der Waals surface area contributed by atoms with Crippen LogP contribution in [-0.2, 0) is 6.54 Å². The molecule has 1 atom stereocenters. The summed E-state index contributed by atoms with van der Waals surface area (Å²) in [6, 6.07) is 4.59. The average Bonchev–Trinajstić information content (AvgIpc) is 2.46. The average molecular weight is 249 g/mol. The molecule has 0 bridgehead atoms. The van der Waals surface area contributed by atoms with E-state index in [-0.39, 0.29) is 0 Å². The molecule has 1 fully saturated rings. The lowest BCUT2D eigenvalue weighted by Gasteiger charge is -2.32. The SMILES string of the molecule is CCN1CCCC(NCc2ccc(OC)nc2)C1. The predicted octanol–water partition coefficient (Wildman–Crippen LogP) is 1.66. The highest BCUT2D eigenvalue weighted by Crippen LogP contribution is 2.11. The molecule has 4 heteroatoms. The minimum atomic E-state index is 0.612. The lowest BCUT2D eigenvalue weighted by molar-refractivity contribution is 0.198. The number of nitrogens with one attached hydrogen (secondary N) is 1. The molecule has 2 rings (SSSR count). The van der Waals surface area contributed by atoms with E-state index < -0.39 is 0 Å². The quantitative estimate of drug-likeness (QED) is 0.861. The standard InChI is InChI=1S/C14H23N3O/c1-3-17-8-4-5-13(11-17)15-9-12-6-7-14(18-2)16-10-12/h6-7,10,13,15H,3-5,8-9,11H2,1-2H3. The molecule has 2 heterocycles. The number of likely N-dealkylation sites (N-methyl/N-ethyl adjacent to an activating group) is 1. The second-order valence-corrected chi connectivity index (χ2v) is 4.82. The third kappa shape index (κ3) is 3.68. The van der Waals surface area contributed by atoms with Crippen molar-refractivity contribution < 1.29 is 4.74 Å². The number of rotatable bonds is 5. The molecular weight excluding hydrogens is 226 g/mol. The topological polar surface area (TPSA) is 37.4 Å². The van der Waals surface area contributed by atoms with Crippen LogP contribution in [0.4, 0.5) is 0 Å². The van der Waals surface area contributed by atoms with Gasteiger partial charge in [0.1, 0.15) is 0 Å². The number of hydrogen-bond donors (Lipinski definition) is 1. The van der Waals surface area contributed by atoms with Gasteiger partial charge in [0.25, 0.3) is 0 Å². The van der Waals surface area contributed by atoms with Crippen molar-refractivity contribution in [2.75, 3.05) is 26.7 Å². The van der Waals surface area contributed by atoms with Crippen molar-refractivity contribution in [2.24, 2.45) is 0 Å². The minimum absolute atomic E-state index is 0.612. The van der Waals surface area contributed by atoms with Crippen LogP contribution in [-0.4, -0.2) is 42.7 Å². The Morgan fingerprint density at radius 2 is 2.39 bits per heavy atom. The molecule has 0 aromatic carbocycles. The highest BCUT2D eigenvalue weighted by atomic mass is 16.5. The van der Waals surface area contributed by atoms with E-state index >= 15 is 0 Å². The summed E-state index contributed by atoms with van der Waals surface area (Å²) in [6.07, 6.45) is 4.46. The second kappa shape index (κ2) is 6.71. The van der Waals surface area contributed by atoms with Gasteiger partial charge in [0.2, 0.25) is 5.88 Å². The number of hydrogen-bond acceptors (Lipinski definition) is 4. The summed E-state index contributed by atoms with van der Waals surface area (Å²) >= 11 is 0. The molecule has 1 unspecified atom stereocenters. The molecule has 1 N–H and O–H groups in total. The van der Waals surface area contributed by atoms with E-state index in [4.69, 9.17) is 4.74 Å². The zero-order valence-corrected chi connectivity index (χ0v) is 11.4. The molecule has 1 aromatic heterocycles. The largest absolute Gasteiger partial charge is 0.481 e. The van der Waals surface area contributed by atoms with Crippen molar-refractivity contribution in [3.8, 4) is 5.88 Å². The molecule has 1 saturated heterocycles. The first-order chi connectivity index (χ1) is 8.81. The van der Waals surface area contributed by atoms with Gasteiger partial charge >= 0.3 is 0 Å². The van der Waals surface area contributed by atoms with E-state index in [2.05, 4.69) is 28.2 Å². The molecule has 1 aromatic rings. The highest BCUT2D eigenvalue weighted by Gasteiger charge is 2.17. The zero-order valence-electron chi connectivity index (χ0n) is 11.4. The summed E-state index contributed by atoms with van der Waals surface area (Å²) < 4.78 is 5.05. The molecule has 4 nitrogen and oxygen atoms in total. The second-order valence-electron chi connectivity index (χ2n) is 4.82. The summed E-state index contributed by atoms with van der Waals surface area (Å²) in [5.74, 6) is 0.675. The van der Waals surface area contributed by atoms with Crippen molar-refractivity contribution in [3.05, 3.63) is 23.9 Å². The van der Waals surface area contributed by atoms with Gasteiger partial charge in [-0.1, -0.05) is 13.0 Å². The van der Waals surface area contributed by atoms with E-state index in [9.17, 15) is 0 Å². The number of aromatic nitrogens is 1. The van der Waals surface area contributed by atoms with E-state index in [0.717, 1.165) is 13.1 Å². The fourth-order valence-electron chi connectivity index (χ4n) is 2.41. The van der Waals surface area contributed by atoms with Crippen molar-refractivity contribution in [3.63, 3.8) is 0 Å². The number of piperidine rings is 1. The number of methoxy groups -OCH3 is 1. The van der Waals surface area contributed by atoms with E-state index in [1.807, 2.05) is 12.3 Å². The lowest BCUT2D eigenvalue weighted by Crippen LogP contribution is -2.45. The Bertz CT molecular complexity index is 353. The molecule has 1 aliphatic rings. The fraction of sp³-hybridized carbons (Fsp3) is 0.643. The Morgan fingerprint density at radius 1 is 1.50 bits per heavy atom. The Hall–Kier alpha value is -1.13. The summed E-state index contributed by atoms with van der Waals surface area (Å²) in [5.41, 5.74) is 1.21. The van der Waals surface area contributed by atoms with E-state index in [1.54, 1.807) is 7.11 Å². The summed E-state index contributed by atoms with van der Waals surface area (Å²) in [4.78, 5) is 6.73. The Kier molecular flexibility index (Phi) is 4.96. The number of nitrogens with zero attached hydrogens (tertiary/aromatic N) is 2. The van der Waals surface area contributed by atoms with E-state index in [0.29, 0.717) is 11.9 Å². The Labute approximate surface area is 109 Å². The number of likely N-dealkylation sites (tertiary alicyclic amines) is 1. The first kappa shape index (κ1) is 13.3. The van der Waals surface area contributed by atoms with Gasteiger partial charge in [0.15, 0.2) is 0 Å². The van der Waals surface area contributed by atoms with Crippen LogP contribution in [0, 0.1) is 0 Å². The van der Waals surface area contributed by atoms with Crippen molar-refractivity contribution >= 4 is 0 Å². The Morgan fingerprint density at radius 3 is 3.06 bits per heavy atom. The Balaban J connectivity index is 1.79. The first-order valence-corrected chi connectivity index (χ1v) is 6.76. The van der Waals surface area contributed by atoms with Gasteiger partial charge in [-0.2, -0.15) is 0 Å². The van der Waals surface area contributed by atoms with Crippen molar-refractivity contribution in [1.82, 2.24) is 15.2 Å². The lowest BCUT2D eigenvalue weighted by atomic mass is 10.1. The van der Waals surface area contributed by atoms with Gasteiger partial charge in [0, 0.05) is 31.4 Å². The van der Waals surface area contributed by atoms with Crippen LogP contribution < -0.4 is 10.1 Å². The van der Waals surface area contributed by atoms with Gasteiger partial charge in [0.05, 0.1) is 7.11 Å². The van der Waals surface area contributed by atoms with Gasteiger partial charge in [-0.15, -0.1) is 0 Å². The first-order valence-electron chi connectivity index (χ1n) is 6.76. The van der Waals surface area contributed by atoms with Crippen LogP contribution in [0.5, 0.6) is 5.88 Å². The van der Waals surface area contributed by atoms with Crippen LogP contribution in [0.25, 0.3) is 0 Å². The maximum atomic E-state index is 5.05. The third-order valence-electron chi connectivity index (χ3n) is 3.55. The van der Waals surface area contributed by atoms with Crippen LogP contribution in [0.15, 0.2) is 18.3 Å². The van der Waals surface area contributed by atoms with Gasteiger partial charge < -0.3 is 15.0 Å². The van der Waals surface area contributed by atoms with Crippen LogP contribution in [0.1, 0.15) is 25.3 Å². The van der Waals surface area contributed by atoms with Crippen molar-refractivity contribution in [2.45, 2.75) is 32.4 Å². The fourth-order valence-corrected chi connectivity index (χ4v) is 2.41. The molecule has 100 valence electrons. The monoisotopic (exact) mass is 249 g/mol. The van der Waals surface area contributed by atoms with Crippen LogP contribution in [0.3, 0.4) is 0 Å². The van der Waals surface area contributed by atoms with Crippen molar-refractivity contribution in [1.29, 1.82) is 0 Å². The normalized spacial score (nSPS) is 20.9. The predicted molar refractivity (Wildman–Crippen MR) is 72.8 cm³/mol. The van der Waals surface area contributed by atoms with Gasteiger partial charge in [-0.25, -0.2) is 4.98 Å². The van der Waals surface area contributed by atoms with Crippen LogP contribution >= 0.6 is 0 Å². The van der Waals surface area contributed by atoms with E-state index in [1.165, 1.54) is 31.5 Å². The van der Waals surface area contributed by atoms with Gasteiger partial charge in [-0.05, 0) is 31.5 Å². The number of pyridine rings is 1. The summed E-state index contributed by atoms with van der Waals surface area (Å²) in [7, 11) is 1.64. The molecular formula is C14H23N3O. The molecule has 0 radical (unpaired) electrons. The van der Waals surface area contributed by atoms with Gasteiger partial charge in [-0.3, -0.25) is 0 Å². The zero-order chi connectivity index (χ0) is 12.8.